The zero-order chi connectivity index (χ0) is 18.0. The second-order valence-corrected chi connectivity index (χ2v) is 8.76. The zero-order valence-electron chi connectivity index (χ0n) is 14.1. The van der Waals surface area contributed by atoms with Gasteiger partial charge in [0.1, 0.15) is 5.82 Å². The van der Waals surface area contributed by atoms with E-state index in [0.29, 0.717) is 32.5 Å². The molecule has 138 valence electrons. The molecule has 25 heavy (non-hydrogen) atoms. The molecule has 0 radical (unpaired) electrons. The van der Waals surface area contributed by atoms with E-state index in [1.807, 2.05) is 4.90 Å². The smallest absolute Gasteiger partial charge is 0.243 e. The molecule has 6 nitrogen and oxygen atoms in total. The van der Waals surface area contributed by atoms with E-state index in [4.69, 9.17) is 5.73 Å². The summed E-state index contributed by atoms with van der Waals surface area (Å²) in [5, 5.41) is 0. The Hall–Kier alpha value is -1.51. The third-order valence-corrected chi connectivity index (χ3v) is 6.92. The molecule has 1 atom stereocenters. The van der Waals surface area contributed by atoms with Gasteiger partial charge in [-0.15, -0.1) is 0 Å². The van der Waals surface area contributed by atoms with E-state index in [2.05, 4.69) is 0 Å². The van der Waals surface area contributed by atoms with Crippen LogP contribution in [-0.2, 0) is 14.8 Å². The minimum absolute atomic E-state index is 0.0194. The summed E-state index contributed by atoms with van der Waals surface area (Å²) in [5.41, 5.74) is 5.88. The molecule has 3 rings (SSSR count). The molecule has 1 aromatic carbocycles. The van der Waals surface area contributed by atoms with Crippen LogP contribution in [0.25, 0.3) is 0 Å². The standard InChI is InChI=1S/C17H24FN3O3S/c18-14-3-5-16(6-4-14)25(23,24)21-9-1-2-13(12-21)17(22)20-10-7-15(19)8-11-20/h3-6,13,15H,1-2,7-12,19H2. The first-order chi connectivity index (χ1) is 11.9. The fraction of sp³-hybridized carbons (Fsp3) is 0.588. The van der Waals surface area contributed by atoms with Gasteiger partial charge in [0.25, 0.3) is 0 Å². The molecule has 2 saturated heterocycles. The van der Waals surface area contributed by atoms with Crippen molar-refractivity contribution in [2.45, 2.75) is 36.6 Å². The van der Waals surface area contributed by atoms with E-state index in [9.17, 15) is 17.6 Å². The van der Waals surface area contributed by atoms with E-state index in [0.717, 1.165) is 25.0 Å². The number of hydrogen-bond acceptors (Lipinski definition) is 4. The third kappa shape index (κ3) is 4.02. The average molecular weight is 369 g/mol. The van der Waals surface area contributed by atoms with E-state index >= 15 is 0 Å². The molecule has 0 bridgehead atoms. The number of benzene rings is 1. The predicted molar refractivity (Wildman–Crippen MR) is 91.7 cm³/mol. The Morgan fingerprint density at radius 2 is 1.72 bits per heavy atom. The second-order valence-electron chi connectivity index (χ2n) is 6.82. The number of carbonyl (C=O) groups is 1. The van der Waals surface area contributed by atoms with Gasteiger partial charge in [0.05, 0.1) is 10.8 Å². The Morgan fingerprint density at radius 3 is 2.36 bits per heavy atom. The van der Waals surface area contributed by atoms with Crippen LogP contribution in [0.5, 0.6) is 0 Å². The lowest BCUT2D eigenvalue weighted by molar-refractivity contribution is -0.137. The Bertz CT molecular complexity index is 715. The van der Waals surface area contributed by atoms with Gasteiger partial charge in [-0.05, 0) is 49.9 Å². The molecule has 2 aliphatic rings. The van der Waals surface area contributed by atoms with Crippen LogP contribution >= 0.6 is 0 Å². The molecule has 2 aliphatic heterocycles. The summed E-state index contributed by atoms with van der Waals surface area (Å²) in [6, 6.07) is 4.95. The highest BCUT2D eigenvalue weighted by molar-refractivity contribution is 7.89. The van der Waals surface area contributed by atoms with Gasteiger partial charge in [-0.3, -0.25) is 4.79 Å². The highest BCUT2D eigenvalue weighted by Gasteiger charge is 2.35. The van der Waals surface area contributed by atoms with Crippen molar-refractivity contribution in [1.82, 2.24) is 9.21 Å². The lowest BCUT2D eigenvalue weighted by atomic mass is 9.96. The SMILES string of the molecule is NC1CCN(C(=O)C2CCCN(S(=O)(=O)c3ccc(F)cc3)C2)CC1. The lowest BCUT2D eigenvalue weighted by Gasteiger charge is -2.36. The molecule has 0 aliphatic carbocycles. The average Bonchev–Trinajstić information content (AvgIpc) is 2.62. The maximum Gasteiger partial charge on any atom is 0.243 e. The lowest BCUT2D eigenvalue weighted by Crippen LogP contribution is -2.49. The number of nitrogens with zero attached hydrogens (tertiary/aromatic N) is 2. The van der Waals surface area contributed by atoms with Crippen LogP contribution in [0.2, 0.25) is 0 Å². The zero-order valence-corrected chi connectivity index (χ0v) is 14.9. The molecule has 1 unspecified atom stereocenters. The van der Waals surface area contributed by atoms with Crippen molar-refractivity contribution in [3.63, 3.8) is 0 Å². The van der Waals surface area contributed by atoms with Crippen molar-refractivity contribution < 1.29 is 17.6 Å². The quantitative estimate of drug-likeness (QED) is 0.867. The van der Waals surface area contributed by atoms with Crippen LogP contribution < -0.4 is 5.73 Å². The fourth-order valence-electron chi connectivity index (χ4n) is 3.50. The number of rotatable bonds is 3. The van der Waals surface area contributed by atoms with Gasteiger partial charge in [0.15, 0.2) is 0 Å². The molecular formula is C17H24FN3O3S. The van der Waals surface area contributed by atoms with Crippen LogP contribution in [0.1, 0.15) is 25.7 Å². The molecule has 1 aromatic rings. The van der Waals surface area contributed by atoms with Crippen molar-refractivity contribution in [3.05, 3.63) is 30.1 Å². The first-order valence-corrected chi connectivity index (χ1v) is 10.1. The Balaban J connectivity index is 1.70. The van der Waals surface area contributed by atoms with Gasteiger partial charge >= 0.3 is 0 Å². The van der Waals surface area contributed by atoms with Crippen LogP contribution in [-0.4, -0.2) is 55.8 Å². The van der Waals surface area contributed by atoms with E-state index in [1.165, 1.54) is 16.4 Å². The molecule has 2 N–H and O–H groups in total. The van der Waals surface area contributed by atoms with Crippen LogP contribution in [0, 0.1) is 11.7 Å². The number of carbonyl (C=O) groups excluding carboxylic acids is 1. The number of sulfonamides is 1. The maximum absolute atomic E-state index is 13.1. The fourth-order valence-corrected chi connectivity index (χ4v) is 5.02. The normalized spacial score (nSPS) is 23.6. The number of hydrogen-bond donors (Lipinski definition) is 1. The molecule has 1 amide bonds. The molecule has 2 fully saturated rings. The molecule has 0 saturated carbocycles. The summed E-state index contributed by atoms with van der Waals surface area (Å²) >= 11 is 0. The second kappa shape index (κ2) is 7.39. The highest BCUT2D eigenvalue weighted by atomic mass is 32.2. The number of likely N-dealkylation sites (tertiary alicyclic amines) is 1. The van der Waals surface area contributed by atoms with E-state index in [-0.39, 0.29) is 29.3 Å². The minimum atomic E-state index is -3.71. The van der Waals surface area contributed by atoms with Crippen molar-refractivity contribution in [2.24, 2.45) is 11.7 Å². The van der Waals surface area contributed by atoms with Gasteiger partial charge in [0, 0.05) is 32.2 Å². The first kappa shape index (κ1) is 18.3. The van der Waals surface area contributed by atoms with Crippen molar-refractivity contribution in [1.29, 1.82) is 0 Å². The Kier molecular flexibility index (Phi) is 5.41. The maximum atomic E-state index is 13.1. The molecule has 8 heteroatoms. The van der Waals surface area contributed by atoms with Crippen LogP contribution in [0.15, 0.2) is 29.2 Å². The molecule has 2 heterocycles. The van der Waals surface area contributed by atoms with Gasteiger partial charge < -0.3 is 10.6 Å². The first-order valence-electron chi connectivity index (χ1n) is 8.68. The van der Waals surface area contributed by atoms with Gasteiger partial charge in [-0.1, -0.05) is 0 Å². The van der Waals surface area contributed by atoms with Crippen LogP contribution in [0.4, 0.5) is 4.39 Å². The summed E-state index contributed by atoms with van der Waals surface area (Å²) < 4.78 is 39.9. The number of amides is 1. The monoisotopic (exact) mass is 369 g/mol. The molecule has 0 aromatic heterocycles. The molecular weight excluding hydrogens is 345 g/mol. The van der Waals surface area contributed by atoms with E-state index < -0.39 is 15.8 Å². The summed E-state index contributed by atoms with van der Waals surface area (Å²) in [6.07, 6.45) is 2.91. The number of piperidine rings is 2. The Labute approximate surface area is 147 Å². The van der Waals surface area contributed by atoms with Gasteiger partial charge in [-0.2, -0.15) is 4.31 Å². The van der Waals surface area contributed by atoms with Crippen molar-refractivity contribution in [3.8, 4) is 0 Å². The van der Waals surface area contributed by atoms with Gasteiger partial charge in [0.2, 0.25) is 15.9 Å². The number of nitrogens with two attached hydrogens (primary N) is 1. The predicted octanol–water partition coefficient (Wildman–Crippen LogP) is 1.18. The summed E-state index contributed by atoms with van der Waals surface area (Å²) in [4.78, 5) is 14.6. The van der Waals surface area contributed by atoms with Crippen molar-refractivity contribution >= 4 is 15.9 Å². The number of halogens is 1. The largest absolute Gasteiger partial charge is 0.342 e. The minimum Gasteiger partial charge on any atom is -0.342 e. The topological polar surface area (TPSA) is 83.7 Å². The highest BCUT2D eigenvalue weighted by Crippen LogP contribution is 2.26. The van der Waals surface area contributed by atoms with Crippen molar-refractivity contribution in [2.75, 3.05) is 26.2 Å². The summed E-state index contributed by atoms with van der Waals surface area (Å²) in [7, 11) is -3.71. The summed E-state index contributed by atoms with van der Waals surface area (Å²) in [5.74, 6) is -0.779. The van der Waals surface area contributed by atoms with Crippen LogP contribution in [0.3, 0.4) is 0 Å². The Morgan fingerprint density at radius 1 is 1.08 bits per heavy atom. The third-order valence-electron chi connectivity index (χ3n) is 5.04. The van der Waals surface area contributed by atoms with E-state index in [1.54, 1.807) is 0 Å². The molecule has 0 spiro atoms. The summed E-state index contributed by atoms with van der Waals surface area (Å²) in [6.45, 7) is 1.85. The van der Waals surface area contributed by atoms with Gasteiger partial charge in [-0.25, -0.2) is 12.8 Å².